The standard InChI is InChI=1S/C18H34N2O3/c1-5-8-20(15-10-16(23-6-2)18(15,3)4)12-17(21)19-11-14-7-9-22-13-14/h14-16H,5-13H2,1-4H3,(H,19,21). The Labute approximate surface area is 141 Å². The van der Waals surface area contributed by atoms with Gasteiger partial charge in [-0.1, -0.05) is 20.8 Å². The highest BCUT2D eigenvalue weighted by atomic mass is 16.5. The van der Waals surface area contributed by atoms with E-state index in [4.69, 9.17) is 9.47 Å². The first kappa shape index (κ1) is 18.7. The number of rotatable bonds is 9. The van der Waals surface area contributed by atoms with Crippen LogP contribution >= 0.6 is 0 Å². The van der Waals surface area contributed by atoms with Gasteiger partial charge in [0, 0.05) is 37.1 Å². The van der Waals surface area contributed by atoms with E-state index in [-0.39, 0.29) is 11.3 Å². The molecule has 1 saturated heterocycles. The molecule has 3 unspecified atom stereocenters. The van der Waals surface area contributed by atoms with Crippen LogP contribution in [0.1, 0.15) is 47.0 Å². The van der Waals surface area contributed by atoms with Crippen LogP contribution in [0.25, 0.3) is 0 Å². The molecule has 1 aliphatic carbocycles. The van der Waals surface area contributed by atoms with E-state index in [2.05, 4.69) is 31.0 Å². The Balaban J connectivity index is 1.82. The van der Waals surface area contributed by atoms with E-state index in [1.807, 2.05) is 6.92 Å². The van der Waals surface area contributed by atoms with Gasteiger partial charge in [-0.3, -0.25) is 9.69 Å². The Kier molecular flexibility index (Phi) is 6.86. The largest absolute Gasteiger partial charge is 0.381 e. The third kappa shape index (κ3) is 4.68. The van der Waals surface area contributed by atoms with E-state index in [9.17, 15) is 4.79 Å². The van der Waals surface area contributed by atoms with Crippen LogP contribution in [-0.4, -0.2) is 62.4 Å². The summed E-state index contributed by atoms with van der Waals surface area (Å²) < 4.78 is 11.2. The molecule has 5 nitrogen and oxygen atoms in total. The fraction of sp³-hybridized carbons (Fsp3) is 0.944. The summed E-state index contributed by atoms with van der Waals surface area (Å²) >= 11 is 0. The third-order valence-electron chi connectivity index (χ3n) is 5.40. The van der Waals surface area contributed by atoms with E-state index in [0.717, 1.165) is 52.2 Å². The molecule has 5 heteroatoms. The van der Waals surface area contributed by atoms with Gasteiger partial charge in [-0.25, -0.2) is 0 Å². The Morgan fingerprint density at radius 1 is 1.39 bits per heavy atom. The fourth-order valence-electron chi connectivity index (χ4n) is 3.84. The molecule has 1 aliphatic heterocycles. The molecule has 23 heavy (non-hydrogen) atoms. The van der Waals surface area contributed by atoms with Crippen molar-refractivity contribution in [1.29, 1.82) is 0 Å². The number of hydrogen-bond acceptors (Lipinski definition) is 4. The third-order valence-corrected chi connectivity index (χ3v) is 5.40. The SMILES string of the molecule is CCCN(CC(=O)NCC1CCOC1)C1CC(OCC)C1(C)C. The quantitative estimate of drug-likeness (QED) is 0.705. The van der Waals surface area contributed by atoms with E-state index < -0.39 is 0 Å². The Morgan fingerprint density at radius 3 is 2.74 bits per heavy atom. The monoisotopic (exact) mass is 326 g/mol. The minimum atomic E-state index is 0.116. The zero-order valence-electron chi connectivity index (χ0n) is 15.3. The van der Waals surface area contributed by atoms with Crippen molar-refractivity contribution in [3.8, 4) is 0 Å². The summed E-state index contributed by atoms with van der Waals surface area (Å²) in [6.45, 7) is 13.3. The van der Waals surface area contributed by atoms with Crippen LogP contribution in [0.15, 0.2) is 0 Å². The topological polar surface area (TPSA) is 50.8 Å². The molecule has 3 atom stereocenters. The molecule has 0 radical (unpaired) electrons. The van der Waals surface area contributed by atoms with Crippen molar-refractivity contribution < 1.29 is 14.3 Å². The molecule has 0 spiro atoms. The van der Waals surface area contributed by atoms with E-state index >= 15 is 0 Å². The van der Waals surface area contributed by atoms with Gasteiger partial charge in [0.1, 0.15) is 0 Å². The van der Waals surface area contributed by atoms with Crippen molar-refractivity contribution in [2.75, 3.05) is 39.5 Å². The molecule has 2 fully saturated rings. The van der Waals surface area contributed by atoms with Crippen LogP contribution in [0, 0.1) is 11.3 Å². The lowest BCUT2D eigenvalue weighted by Crippen LogP contribution is -2.63. The van der Waals surface area contributed by atoms with Gasteiger partial charge in [0.05, 0.1) is 19.3 Å². The van der Waals surface area contributed by atoms with Crippen molar-refractivity contribution >= 4 is 5.91 Å². The lowest BCUT2D eigenvalue weighted by molar-refractivity contribution is -0.154. The molecular weight excluding hydrogens is 292 g/mol. The van der Waals surface area contributed by atoms with E-state index in [1.165, 1.54) is 0 Å². The average molecular weight is 326 g/mol. The van der Waals surface area contributed by atoms with Crippen molar-refractivity contribution in [2.24, 2.45) is 11.3 Å². The highest BCUT2D eigenvalue weighted by Crippen LogP contribution is 2.45. The summed E-state index contributed by atoms with van der Waals surface area (Å²) in [7, 11) is 0. The lowest BCUT2D eigenvalue weighted by atomic mass is 9.63. The number of nitrogens with zero attached hydrogens (tertiary/aromatic N) is 1. The lowest BCUT2D eigenvalue weighted by Gasteiger charge is -2.55. The van der Waals surface area contributed by atoms with Crippen molar-refractivity contribution in [3.63, 3.8) is 0 Å². The van der Waals surface area contributed by atoms with Gasteiger partial charge in [0.15, 0.2) is 0 Å². The first-order valence-electron chi connectivity index (χ1n) is 9.19. The number of carbonyl (C=O) groups is 1. The Hall–Kier alpha value is -0.650. The number of ether oxygens (including phenoxy) is 2. The van der Waals surface area contributed by atoms with Crippen molar-refractivity contribution in [3.05, 3.63) is 0 Å². The number of amides is 1. The second kappa shape index (κ2) is 8.45. The van der Waals surface area contributed by atoms with Gasteiger partial charge in [-0.15, -0.1) is 0 Å². The molecule has 1 heterocycles. The van der Waals surface area contributed by atoms with Gasteiger partial charge in [0.25, 0.3) is 0 Å². The van der Waals surface area contributed by atoms with Crippen molar-refractivity contribution in [1.82, 2.24) is 10.2 Å². The van der Waals surface area contributed by atoms with Crippen LogP contribution in [0.2, 0.25) is 0 Å². The molecular formula is C18H34N2O3. The van der Waals surface area contributed by atoms with Crippen LogP contribution in [-0.2, 0) is 14.3 Å². The zero-order valence-corrected chi connectivity index (χ0v) is 15.3. The van der Waals surface area contributed by atoms with Gasteiger partial charge in [0.2, 0.25) is 5.91 Å². The fourth-order valence-corrected chi connectivity index (χ4v) is 3.84. The summed E-state index contributed by atoms with van der Waals surface area (Å²) in [4.78, 5) is 14.7. The summed E-state index contributed by atoms with van der Waals surface area (Å²) in [5.74, 6) is 0.627. The van der Waals surface area contributed by atoms with Crippen molar-refractivity contribution in [2.45, 2.75) is 59.1 Å². The first-order valence-corrected chi connectivity index (χ1v) is 9.19. The predicted octanol–water partition coefficient (Wildman–Crippen LogP) is 2.05. The highest BCUT2D eigenvalue weighted by molar-refractivity contribution is 5.78. The van der Waals surface area contributed by atoms with E-state index in [1.54, 1.807) is 0 Å². The zero-order chi connectivity index (χ0) is 16.9. The summed E-state index contributed by atoms with van der Waals surface area (Å²) in [5.41, 5.74) is 0.116. The van der Waals surface area contributed by atoms with Gasteiger partial charge < -0.3 is 14.8 Å². The molecule has 2 rings (SSSR count). The number of hydrogen-bond donors (Lipinski definition) is 1. The van der Waals surface area contributed by atoms with E-state index in [0.29, 0.717) is 24.6 Å². The minimum absolute atomic E-state index is 0.116. The summed E-state index contributed by atoms with van der Waals surface area (Å²) in [6.07, 6.45) is 3.47. The maximum Gasteiger partial charge on any atom is 0.234 e. The smallest absolute Gasteiger partial charge is 0.234 e. The normalized spacial score (nSPS) is 29.5. The molecule has 1 saturated carbocycles. The molecule has 1 amide bonds. The van der Waals surface area contributed by atoms with Crippen LogP contribution in [0.5, 0.6) is 0 Å². The summed E-state index contributed by atoms with van der Waals surface area (Å²) in [5, 5.41) is 3.09. The Bertz CT molecular complexity index is 380. The second-order valence-electron chi connectivity index (χ2n) is 7.52. The summed E-state index contributed by atoms with van der Waals surface area (Å²) in [6, 6.07) is 0.430. The average Bonchev–Trinajstić information content (AvgIpc) is 3.02. The predicted molar refractivity (Wildman–Crippen MR) is 91.4 cm³/mol. The van der Waals surface area contributed by atoms with Crippen LogP contribution in [0.4, 0.5) is 0 Å². The maximum atomic E-state index is 12.3. The molecule has 0 aromatic heterocycles. The van der Waals surface area contributed by atoms with Crippen LogP contribution in [0.3, 0.4) is 0 Å². The molecule has 0 bridgehead atoms. The number of nitrogens with one attached hydrogen (secondary N) is 1. The minimum Gasteiger partial charge on any atom is -0.381 e. The van der Waals surface area contributed by atoms with Gasteiger partial charge >= 0.3 is 0 Å². The second-order valence-corrected chi connectivity index (χ2v) is 7.52. The molecule has 0 aromatic rings. The van der Waals surface area contributed by atoms with Gasteiger partial charge in [-0.2, -0.15) is 0 Å². The highest BCUT2D eigenvalue weighted by Gasteiger charge is 2.51. The molecule has 134 valence electrons. The number of carbonyl (C=O) groups excluding carboxylic acids is 1. The first-order chi connectivity index (χ1) is 11.0. The maximum absolute atomic E-state index is 12.3. The Morgan fingerprint density at radius 2 is 2.17 bits per heavy atom. The molecule has 1 N–H and O–H groups in total. The van der Waals surface area contributed by atoms with Gasteiger partial charge in [-0.05, 0) is 32.7 Å². The molecule has 0 aromatic carbocycles. The molecule has 2 aliphatic rings. The van der Waals surface area contributed by atoms with Crippen LogP contribution < -0.4 is 5.32 Å².